The lowest BCUT2D eigenvalue weighted by Crippen LogP contribution is -2.48. The lowest BCUT2D eigenvalue weighted by Gasteiger charge is -2.35. The second-order valence-corrected chi connectivity index (χ2v) is 6.91. The first-order valence-electron chi connectivity index (χ1n) is 9.50. The van der Waals surface area contributed by atoms with Crippen molar-refractivity contribution in [1.82, 2.24) is 4.90 Å². The van der Waals surface area contributed by atoms with Gasteiger partial charge in [-0.2, -0.15) is 0 Å². The van der Waals surface area contributed by atoms with Crippen LogP contribution in [0.4, 0.5) is 11.4 Å². The quantitative estimate of drug-likeness (QED) is 0.367. The zero-order chi connectivity index (χ0) is 21.1. The highest BCUT2D eigenvalue weighted by atomic mass is 16.6. The summed E-state index contributed by atoms with van der Waals surface area (Å²) in [4.78, 5) is 39.8. The second kappa shape index (κ2) is 8.20. The Balaban J connectivity index is 1.52. The van der Waals surface area contributed by atoms with Crippen LogP contribution in [0.25, 0.3) is 0 Å². The predicted octanol–water partition coefficient (Wildman–Crippen LogP) is 3.38. The highest BCUT2D eigenvalue weighted by Crippen LogP contribution is 2.31. The molecule has 1 aliphatic rings. The van der Waals surface area contributed by atoms with Gasteiger partial charge in [0.25, 0.3) is 11.6 Å². The topological polar surface area (TPSA) is 96.9 Å². The van der Waals surface area contributed by atoms with E-state index in [2.05, 4.69) is 0 Å². The van der Waals surface area contributed by atoms with Crippen molar-refractivity contribution in [2.24, 2.45) is 0 Å². The Hall–Kier alpha value is -3.94. The molecule has 0 unspecified atom stereocenters. The fourth-order valence-electron chi connectivity index (χ4n) is 3.54. The fourth-order valence-corrected chi connectivity index (χ4v) is 3.54. The van der Waals surface area contributed by atoms with E-state index in [1.807, 2.05) is 4.90 Å². The monoisotopic (exact) mass is 405 g/mol. The number of ketones is 1. The number of nitro benzene ring substituents is 1. The number of piperazine rings is 1. The Morgan fingerprint density at radius 2 is 1.63 bits per heavy atom. The number of amides is 1. The van der Waals surface area contributed by atoms with Gasteiger partial charge in [-0.1, -0.05) is 30.3 Å². The van der Waals surface area contributed by atoms with Crippen molar-refractivity contribution >= 4 is 23.1 Å². The number of rotatable bonds is 5. The molecule has 1 amide bonds. The number of hydrogen-bond donors (Lipinski definition) is 0. The van der Waals surface area contributed by atoms with Crippen molar-refractivity contribution in [2.75, 3.05) is 31.1 Å². The maximum Gasteiger partial charge on any atom is 0.293 e. The van der Waals surface area contributed by atoms with Gasteiger partial charge < -0.3 is 14.2 Å². The summed E-state index contributed by atoms with van der Waals surface area (Å²) >= 11 is 0. The summed E-state index contributed by atoms with van der Waals surface area (Å²) in [5.74, 6) is -0.185. The van der Waals surface area contributed by atoms with Crippen molar-refractivity contribution in [3.8, 4) is 0 Å². The van der Waals surface area contributed by atoms with Crippen LogP contribution in [0.1, 0.15) is 26.5 Å². The molecular weight excluding hydrogens is 386 g/mol. The molecule has 0 N–H and O–H groups in total. The summed E-state index contributed by atoms with van der Waals surface area (Å²) < 4.78 is 5.16. The van der Waals surface area contributed by atoms with Crippen molar-refractivity contribution in [2.45, 2.75) is 0 Å². The summed E-state index contributed by atoms with van der Waals surface area (Å²) in [6.45, 7) is 1.72. The van der Waals surface area contributed by atoms with Crippen LogP contribution in [0.15, 0.2) is 71.3 Å². The molecule has 0 radical (unpaired) electrons. The molecule has 2 heterocycles. The van der Waals surface area contributed by atoms with E-state index < -0.39 is 4.92 Å². The second-order valence-electron chi connectivity index (χ2n) is 6.91. The average molecular weight is 405 g/mol. The van der Waals surface area contributed by atoms with E-state index in [1.165, 1.54) is 12.3 Å². The number of benzene rings is 2. The van der Waals surface area contributed by atoms with Gasteiger partial charge in [0.05, 0.1) is 11.2 Å². The van der Waals surface area contributed by atoms with Gasteiger partial charge in [0.1, 0.15) is 5.69 Å². The Morgan fingerprint density at radius 3 is 2.27 bits per heavy atom. The van der Waals surface area contributed by atoms with Crippen LogP contribution in [0, 0.1) is 10.1 Å². The normalized spacial score (nSPS) is 13.9. The average Bonchev–Trinajstić information content (AvgIpc) is 3.33. The third-order valence-electron chi connectivity index (χ3n) is 5.11. The molecule has 1 fully saturated rings. The van der Waals surface area contributed by atoms with Gasteiger partial charge in [0.15, 0.2) is 11.5 Å². The summed E-state index contributed by atoms with van der Waals surface area (Å²) in [6.07, 6.45) is 1.45. The molecule has 1 saturated heterocycles. The first-order chi connectivity index (χ1) is 14.5. The third kappa shape index (κ3) is 3.80. The SMILES string of the molecule is O=C(c1ccccc1)c1ccc(N2CCN(C(=O)c3ccco3)CC2)c([N+](=O)[O-])c1. The van der Waals surface area contributed by atoms with E-state index in [0.29, 0.717) is 37.4 Å². The van der Waals surface area contributed by atoms with Crippen LogP contribution in [0.2, 0.25) is 0 Å². The van der Waals surface area contributed by atoms with Crippen molar-refractivity contribution < 1.29 is 18.9 Å². The third-order valence-corrected chi connectivity index (χ3v) is 5.11. The highest BCUT2D eigenvalue weighted by Gasteiger charge is 2.28. The standard InChI is InChI=1S/C22H19N3O5/c26-21(16-5-2-1-3-6-16)17-8-9-18(19(15-17)25(28)29)23-10-12-24(13-11-23)22(27)20-7-4-14-30-20/h1-9,14-15H,10-13H2. The van der Waals surface area contributed by atoms with Crippen LogP contribution in [-0.4, -0.2) is 47.7 Å². The molecule has 0 spiro atoms. The number of carbonyl (C=O) groups excluding carboxylic acids is 2. The minimum absolute atomic E-state index is 0.123. The minimum Gasteiger partial charge on any atom is -0.459 e. The Labute approximate surface area is 172 Å². The lowest BCUT2D eigenvalue weighted by molar-refractivity contribution is -0.384. The lowest BCUT2D eigenvalue weighted by atomic mass is 10.0. The van der Waals surface area contributed by atoms with Crippen LogP contribution in [0.5, 0.6) is 0 Å². The molecule has 152 valence electrons. The molecule has 8 heteroatoms. The molecule has 8 nitrogen and oxygen atoms in total. The molecule has 0 atom stereocenters. The van der Waals surface area contributed by atoms with Crippen LogP contribution in [-0.2, 0) is 0 Å². The van der Waals surface area contributed by atoms with Crippen molar-refractivity contribution in [1.29, 1.82) is 0 Å². The van der Waals surface area contributed by atoms with E-state index in [0.717, 1.165) is 0 Å². The number of nitro groups is 1. The van der Waals surface area contributed by atoms with Gasteiger partial charge in [-0.05, 0) is 24.3 Å². The number of carbonyl (C=O) groups is 2. The molecule has 1 aromatic heterocycles. The van der Waals surface area contributed by atoms with Gasteiger partial charge in [0, 0.05) is 43.4 Å². The van der Waals surface area contributed by atoms with Crippen molar-refractivity contribution in [3.05, 3.63) is 93.9 Å². The molecular formula is C22H19N3O5. The molecule has 2 aromatic carbocycles. The molecule has 0 bridgehead atoms. The van der Waals surface area contributed by atoms with Gasteiger partial charge in [-0.15, -0.1) is 0 Å². The zero-order valence-corrected chi connectivity index (χ0v) is 16.1. The maximum atomic E-state index is 12.6. The minimum atomic E-state index is -0.475. The van der Waals surface area contributed by atoms with Gasteiger partial charge in [-0.25, -0.2) is 0 Å². The van der Waals surface area contributed by atoms with Crippen LogP contribution < -0.4 is 4.90 Å². The van der Waals surface area contributed by atoms with Crippen LogP contribution in [0.3, 0.4) is 0 Å². The summed E-state index contributed by atoms with van der Waals surface area (Å²) in [7, 11) is 0. The summed E-state index contributed by atoms with van der Waals surface area (Å²) in [6, 6.07) is 16.5. The Kier molecular flexibility index (Phi) is 5.30. The molecule has 0 saturated carbocycles. The maximum absolute atomic E-state index is 12.6. The van der Waals surface area contributed by atoms with E-state index >= 15 is 0 Å². The number of nitrogens with zero attached hydrogens (tertiary/aromatic N) is 3. The van der Waals surface area contributed by atoms with E-state index in [1.54, 1.807) is 59.5 Å². The molecule has 4 rings (SSSR count). The number of furan rings is 1. The predicted molar refractivity (Wildman–Crippen MR) is 110 cm³/mol. The first kappa shape index (κ1) is 19.4. The van der Waals surface area contributed by atoms with Gasteiger partial charge in [0.2, 0.25) is 0 Å². The van der Waals surface area contributed by atoms with Crippen molar-refractivity contribution in [3.63, 3.8) is 0 Å². The number of anilines is 1. The fraction of sp³-hybridized carbons (Fsp3) is 0.182. The van der Waals surface area contributed by atoms with Crippen LogP contribution >= 0.6 is 0 Å². The molecule has 0 aliphatic carbocycles. The highest BCUT2D eigenvalue weighted by molar-refractivity contribution is 6.09. The molecule has 30 heavy (non-hydrogen) atoms. The van der Waals surface area contributed by atoms with E-state index in [-0.39, 0.29) is 28.7 Å². The zero-order valence-electron chi connectivity index (χ0n) is 16.1. The Bertz CT molecular complexity index is 1070. The number of hydrogen-bond acceptors (Lipinski definition) is 6. The Morgan fingerprint density at radius 1 is 0.900 bits per heavy atom. The summed E-state index contributed by atoms with van der Waals surface area (Å²) in [5, 5.41) is 11.7. The van der Waals surface area contributed by atoms with Gasteiger partial charge >= 0.3 is 0 Å². The van der Waals surface area contributed by atoms with Gasteiger partial charge in [-0.3, -0.25) is 19.7 Å². The van der Waals surface area contributed by atoms with E-state index in [9.17, 15) is 19.7 Å². The first-order valence-corrected chi connectivity index (χ1v) is 9.50. The van der Waals surface area contributed by atoms with E-state index in [4.69, 9.17) is 4.42 Å². The largest absolute Gasteiger partial charge is 0.459 e. The smallest absolute Gasteiger partial charge is 0.293 e. The molecule has 1 aliphatic heterocycles. The summed E-state index contributed by atoms with van der Waals surface area (Å²) in [5.41, 5.74) is 1.06. The molecule has 3 aromatic rings.